The molecule has 0 bridgehead atoms. The number of piperazine rings is 1. The highest BCUT2D eigenvalue weighted by atomic mass is 16.1. The average Bonchev–Trinajstić information content (AvgIpc) is 2.49. The minimum Gasteiger partial charge on any atom is -0.363 e. The lowest BCUT2D eigenvalue weighted by atomic mass is 10.3. The van der Waals surface area contributed by atoms with E-state index in [2.05, 4.69) is 27.0 Å². The number of aromatic amines is 2. The van der Waals surface area contributed by atoms with E-state index in [1.165, 1.54) is 0 Å². The van der Waals surface area contributed by atoms with E-state index in [0.29, 0.717) is 0 Å². The highest BCUT2D eigenvalue weighted by Gasteiger charge is 2.19. The molecule has 14 heavy (non-hydrogen) atoms. The van der Waals surface area contributed by atoms with E-state index in [1.54, 1.807) is 0 Å². The third-order valence-electron chi connectivity index (χ3n) is 2.75. The third kappa shape index (κ3) is 1.55. The number of nitrogens with zero attached hydrogens (tertiary/aromatic N) is 2. The first-order valence-corrected chi connectivity index (χ1v) is 4.89. The maximum Gasteiger partial charge on any atom is 0.287 e. The van der Waals surface area contributed by atoms with Crippen LogP contribution in [0.3, 0.4) is 0 Å². The van der Waals surface area contributed by atoms with E-state index in [1.807, 2.05) is 6.92 Å². The van der Waals surface area contributed by atoms with Gasteiger partial charge in [0, 0.05) is 26.2 Å². The summed E-state index contributed by atoms with van der Waals surface area (Å²) < 4.78 is 0. The number of anilines is 1. The van der Waals surface area contributed by atoms with Gasteiger partial charge in [0.15, 0.2) is 0 Å². The molecule has 0 aliphatic carbocycles. The van der Waals surface area contributed by atoms with Gasteiger partial charge in [-0.2, -0.15) is 0 Å². The van der Waals surface area contributed by atoms with Gasteiger partial charge in [-0.15, -0.1) is 0 Å². The Morgan fingerprint density at radius 3 is 2.29 bits per heavy atom. The van der Waals surface area contributed by atoms with Crippen molar-refractivity contribution in [2.45, 2.75) is 6.92 Å². The lowest BCUT2D eigenvalue weighted by molar-refractivity contribution is 0.312. The van der Waals surface area contributed by atoms with Crippen LogP contribution in [0.4, 0.5) is 5.69 Å². The predicted molar refractivity (Wildman–Crippen MR) is 55.9 cm³/mol. The van der Waals surface area contributed by atoms with Gasteiger partial charge >= 0.3 is 0 Å². The Morgan fingerprint density at radius 2 is 1.79 bits per heavy atom. The van der Waals surface area contributed by atoms with Crippen LogP contribution in [0, 0.1) is 6.92 Å². The Kier molecular flexibility index (Phi) is 2.33. The lowest BCUT2D eigenvalue weighted by Gasteiger charge is -2.33. The van der Waals surface area contributed by atoms with E-state index in [-0.39, 0.29) is 5.56 Å². The molecule has 0 aromatic carbocycles. The Bertz CT molecular complexity index is 359. The van der Waals surface area contributed by atoms with Gasteiger partial charge in [0.05, 0.1) is 5.69 Å². The molecule has 2 rings (SSSR count). The van der Waals surface area contributed by atoms with Crippen LogP contribution in [0.25, 0.3) is 0 Å². The molecule has 2 heterocycles. The molecule has 78 valence electrons. The standard InChI is InChI=1S/C9H16N4O/c1-7-8(9(14)11-10-7)13-5-3-12(2)4-6-13/h3-6H2,1-2H3,(H2,10,11,14). The van der Waals surface area contributed by atoms with E-state index in [4.69, 9.17) is 0 Å². The van der Waals surface area contributed by atoms with Crippen molar-refractivity contribution < 1.29 is 0 Å². The summed E-state index contributed by atoms with van der Waals surface area (Å²) in [7, 11) is 2.10. The van der Waals surface area contributed by atoms with Gasteiger partial charge in [-0.3, -0.25) is 9.89 Å². The molecule has 0 amide bonds. The third-order valence-corrected chi connectivity index (χ3v) is 2.75. The molecular weight excluding hydrogens is 180 g/mol. The van der Waals surface area contributed by atoms with Crippen molar-refractivity contribution in [2.75, 3.05) is 38.1 Å². The van der Waals surface area contributed by atoms with Crippen LogP contribution in [0.5, 0.6) is 0 Å². The molecule has 0 unspecified atom stereocenters. The number of likely N-dealkylation sites (N-methyl/N-ethyl adjacent to an activating group) is 1. The van der Waals surface area contributed by atoms with Crippen LogP contribution in [0.1, 0.15) is 5.69 Å². The summed E-state index contributed by atoms with van der Waals surface area (Å²) in [5.74, 6) is 0. The fraction of sp³-hybridized carbons (Fsp3) is 0.667. The molecule has 1 aliphatic rings. The number of aromatic nitrogens is 2. The van der Waals surface area contributed by atoms with E-state index >= 15 is 0 Å². The zero-order chi connectivity index (χ0) is 10.1. The van der Waals surface area contributed by atoms with Crippen molar-refractivity contribution in [3.05, 3.63) is 16.0 Å². The lowest BCUT2D eigenvalue weighted by Crippen LogP contribution is -2.45. The van der Waals surface area contributed by atoms with Gasteiger partial charge in [0.1, 0.15) is 5.69 Å². The minimum absolute atomic E-state index is 0.00736. The highest BCUT2D eigenvalue weighted by molar-refractivity contribution is 5.48. The summed E-state index contributed by atoms with van der Waals surface area (Å²) in [5.41, 5.74) is 1.73. The topological polar surface area (TPSA) is 55.1 Å². The average molecular weight is 196 g/mol. The van der Waals surface area contributed by atoms with Crippen LogP contribution in [-0.4, -0.2) is 48.3 Å². The number of hydrogen-bond donors (Lipinski definition) is 2. The molecule has 1 aromatic rings. The van der Waals surface area contributed by atoms with Crippen molar-refractivity contribution in [2.24, 2.45) is 0 Å². The van der Waals surface area contributed by atoms with E-state index in [0.717, 1.165) is 37.6 Å². The summed E-state index contributed by atoms with van der Waals surface area (Å²) in [4.78, 5) is 15.9. The smallest absolute Gasteiger partial charge is 0.287 e. The Hall–Kier alpha value is -1.23. The summed E-state index contributed by atoms with van der Waals surface area (Å²) in [6.45, 7) is 5.82. The molecule has 5 heteroatoms. The van der Waals surface area contributed by atoms with Crippen LogP contribution in [0.15, 0.2) is 4.79 Å². The van der Waals surface area contributed by atoms with Gasteiger partial charge in [-0.05, 0) is 14.0 Å². The summed E-state index contributed by atoms with van der Waals surface area (Å²) in [6, 6.07) is 0. The second kappa shape index (κ2) is 3.49. The molecular formula is C9H16N4O. The largest absolute Gasteiger partial charge is 0.363 e. The maximum atomic E-state index is 11.5. The second-order valence-electron chi connectivity index (χ2n) is 3.84. The first-order chi connectivity index (χ1) is 6.68. The summed E-state index contributed by atoms with van der Waals surface area (Å²) in [5, 5.41) is 5.46. The van der Waals surface area contributed by atoms with Crippen molar-refractivity contribution in [3.8, 4) is 0 Å². The molecule has 0 radical (unpaired) electrons. The Morgan fingerprint density at radius 1 is 1.14 bits per heavy atom. The van der Waals surface area contributed by atoms with E-state index < -0.39 is 0 Å². The number of hydrogen-bond acceptors (Lipinski definition) is 3. The van der Waals surface area contributed by atoms with Gasteiger partial charge in [0.2, 0.25) is 0 Å². The molecule has 1 saturated heterocycles. The zero-order valence-electron chi connectivity index (χ0n) is 8.63. The maximum absolute atomic E-state index is 11.5. The molecule has 0 atom stereocenters. The number of rotatable bonds is 1. The number of H-pyrrole nitrogens is 2. The second-order valence-corrected chi connectivity index (χ2v) is 3.84. The van der Waals surface area contributed by atoms with Gasteiger partial charge < -0.3 is 14.9 Å². The summed E-state index contributed by atoms with van der Waals surface area (Å²) in [6.07, 6.45) is 0. The summed E-state index contributed by atoms with van der Waals surface area (Å²) >= 11 is 0. The normalized spacial score (nSPS) is 18.9. The van der Waals surface area contributed by atoms with Gasteiger partial charge in [-0.1, -0.05) is 0 Å². The first kappa shape index (κ1) is 9.33. The van der Waals surface area contributed by atoms with Crippen molar-refractivity contribution in [3.63, 3.8) is 0 Å². The molecule has 1 aliphatic heterocycles. The SMILES string of the molecule is Cc1[nH][nH]c(=O)c1N1CCN(C)CC1. The van der Waals surface area contributed by atoms with Crippen LogP contribution in [-0.2, 0) is 0 Å². The Balaban J connectivity index is 2.20. The fourth-order valence-electron chi connectivity index (χ4n) is 1.85. The van der Waals surface area contributed by atoms with Crippen LogP contribution < -0.4 is 10.5 Å². The van der Waals surface area contributed by atoms with Crippen LogP contribution >= 0.6 is 0 Å². The molecule has 0 saturated carbocycles. The quantitative estimate of drug-likeness (QED) is 0.652. The number of aryl methyl sites for hydroxylation is 1. The Labute approximate surface area is 82.7 Å². The molecule has 1 fully saturated rings. The first-order valence-electron chi connectivity index (χ1n) is 4.89. The molecule has 1 aromatic heterocycles. The van der Waals surface area contributed by atoms with Crippen molar-refractivity contribution in [1.82, 2.24) is 15.1 Å². The zero-order valence-corrected chi connectivity index (χ0v) is 8.63. The number of nitrogens with one attached hydrogen (secondary N) is 2. The van der Waals surface area contributed by atoms with Crippen molar-refractivity contribution >= 4 is 5.69 Å². The fourth-order valence-corrected chi connectivity index (χ4v) is 1.85. The molecule has 0 spiro atoms. The monoisotopic (exact) mass is 196 g/mol. The van der Waals surface area contributed by atoms with Gasteiger partial charge in [-0.25, -0.2) is 0 Å². The van der Waals surface area contributed by atoms with Crippen molar-refractivity contribution in [1.29, 1.82) is 0 Å². The minimum atomic E-state index is -0.00736. The molecule has 5 nitrogen and oxygen atoms in total. The van der Waals surface area contributed by atoms with Gasteiger partial charge in [0.25, 0.3) is 5.56 Å². The van der Waals surface area contributed by atoms with Crippen LogP contribution in [0.2, 0.25) is 0 Å². The molecule has 2 N–H and O–H groups in total. The highest BCUT2D eigenvalue weighted by Crippen LogP contribution is 2.13. The predicted octanol–water partition coefficient (Wildman–Crippen LogP) is -0.237. The van der Waals surface area contributed by atoms with E-state index in [9.17, 15) is 4.79 Å².